The molecular formula is C9H18N2. The molecule has 0 amide bonds. The molecule has 0 aromatic heterocycles. The SMILES string of the molecule is NCCC12CCCN1CCC2. The smallest absolute Gasteiger partial charge is 0.0222 e. The zero-order chi connectivity index (χ0) is 7.73. The molecule has 0 aromatic carbocycles. The van der Waals surface area contributed by atoms with Crippen LogP contribution in [0.3, 0.4) is 0 Å². The number of hydrogen-bond acceptors (Lipinski definition) is 2. The van der Waals surface area contributed by atoms with E-state index in [0.29, 0.717) is 5.54 Å². The first-order chi connectivity index (χ1) is 5.37. The van der Waals surface area contributed by atoms with E-state index in [9.17, 15) is 0 Å². The van der Waals surface area contributed by atoms with E-state index in [0.717, 1.165) is 6.54 Å². The van der Waals surface area contributed by atoms with Gasteiger partial charge in [0.2, 0.25) is 0 Å². The Morgan fingerprint density at radius 2 is 1.82 bits per heavy atom. The zero-order valence-corrected chi connectivity index (χ0v) is 7.18. The number of fused-ring (bicyclic) bond motifs is 1. The third-order valence-electron chi connectivity index (χ3n) is 3.42. The lowest BCUT2D eigenvalue weighted by Crippen LogP contribution is -2.39. The Balaban J connectivity index is 2.07. The van der Waals surface area contributed by atoms with Crippen LogP contribution in [0.2, 0.25) is 0 Å². The fraction of sp³-hybridized carbons (Fsp3) is 1.00. The Hall–Kier alpha value is -0.0800. The average Bonchev–Trinajstić information content (AvgIpc) is 2.45. The highest BCUT2D eigenvalue weighted by atomic mass is 15.2. The van der Waals surface area contributed by atoms with E-state index < -0.39 is 0 Å². The molecule has 11 heavy (non-hydrogen) atoms. The lowest BCUT2D eigenvalue weighted by molar-refractivity contribution is 0.185. The predicted octanol–water partition coefficient (Wildman–Crippen LogP) is 0.964. The summed E-state index contributed by atoms with van der Waals surface area (Å²) in [6.45, 7) is 3.54. The van der Waals surface area contributed by atoms with Crippen LogP contribution in [0.15, 0.2) is 0 Å². The first-order valence-corrected chi connectivity index (χ1v) is 4.82. The van der Waals surface area contributed by atoms with E-state index in [1.807, 2.05) is 0 Å². The fourth-order valence-electron chi connectivity index (χ4n) is 2.90. The van der Waals surface area contributed by atoms with Crippen LogP contribution in [0, 0.1) is 0 Å². The van der Waals surface area contributed by atoms with Gasteiger partial charge in [0.25, 0.3) is 0 Å². The highest BCUT2D eigenvalue weighted by molar-refractivity contribution is 4.99. The number of nitrogens with zero attached hydrogens (tertiary/aromatic N) is 1. The zero-order valence-electron chi connectivity index (χ0n) is 7.18. The molecule has 2 fully saturated rings. The minimum absolute atomic E-state index is 0.564. The maximum absolute atomic E-state index is 5.63. The van der Waals surface area contributed by atoms with Crippen LogP contribution in [-0.4, -0.2) is 30.1 Å². The average molecular weight is 154 g/mol. The summed E-state index contributed by atoms with van der Waals surface area (Å²) in [6.07, 6.45) is 6.85. The molecule has 2 saturated heterocycles. The van der Waals surface area contributed by atoms with Gasteiger partial charge in [-0.15, -0.1) is 0 Å². The highest BCUT2D eigenvalue weighted by Crippen LogP contribution is 2.40. The Kier molecular flexibility index (Phi) is 1.90. The summed E-state index contributed by atoms with van der Waals surface area (Å²) in [5.74, 6) is 0. The van der Waals surface area contributed by atoms with Gasteiger partial charge in [0.1, 0.15) is 0 Å². The molecule has 2 heteroatoms. The lowest BCUT2D eigenvalue weighted by atomic mass is 9.90. The van der Waals surface area contributed by atoms with Crippen LogP contribution in [0.1, 0.15) is 32.1 Å². The molecular weight excluding hydrogens is 136 g/mol. The van der Waals surface area contributed by atoms with Crippen LogP contribution in [0.5, 0.6) is 0 Å². The van der Waals surface area contributed by atoms with Gasteiger partial charge in [0.15, 0.2) is 0 Å². The molecule has 2 aliphatic heterocycles. The summed E-state index contributed by atoms with van der Waals surface area (Å²) >= 11 is 0. The Morgan fingerprint density at radius 3 is 2.36 bits per heavy atom. The van der Waals surface area contributed by atoms with Crippen molar-refractivity contribution in [2.45, 2.75) is 37.6 Å². The summed E-state index contributed by atoms with van der Waals surface area (Å²) in [4.78, 5) is 2.67. The Labute approximate surface area is 68.7 Å². The van der Waals surface area contributed by atoms with E-state index in [1.165, 1.54) is 45.2 Å². The maximum atomic E-state index is 5.63. The van der Waals surface area contributed by atoms with Crippen molar-refractivity contribution < 1.29 is 0 Å². The van der Waals surface area contributed by atoms with Crippen LogP contribution < -0.4 is 5.73 Å². The van der Waals surface area contributed by atoms with Crippen molar-refractivity contribution in [1.29, 1.82) is 0 Å². The molecule has 2 rings (SSSR count). The second kappa shape index (κ2) is 2.76. The highest BCUT2D eigenvalue weighted by Gasteiger charge is 2.42. The molecule has 0 unspecified atom stereocenters. The standard InChI is InChI=1S/C9H18N2/c10-6-5-9-3-1-7-11(9)8-2-4-9/h1-8,10H2. The largest absolute Gasteiger partial charge is 0.330 e. The van der Waals surface area contributed by atoms with Crippen LogP contribution in [0.25, 0.3) is 0 Å². The van der Waals surface area contributed by atoms with Gasteiger partial charge in [-0.1, -0.05) is 0 Å². The van der Waals surface area contributed by atoms with Gasteiger partial charge in [0.05, 0.1) is 0 Å². The molecule has 0 radical (unpaired) electrons. The third kappa shape index (κ3) is 1.09. The van der Waals surface area contributed by atoms with Crippen molar-refractivity contribution in [2.75, 3.05) is 19.6 Å². The summed E-state index contributed by atoms with van der Waals surface area (Å²) < 4.78 is 0. The molecule has 64 valence electrons. The minimum Gasteiger partial charge on any atom is -0.330 e. The number of rotatable bonds is 2. The van der Waals surface area contributed by atoms with Gasteiger partial charge in [-0.05, 0) is 51.7 Å². The van der Waals surface area contributed by atoms with Gasteiger partial charge in [-0.25, -0.2) is 0 Å². The monoisotopic (exact) mass is 154 g/mol. The van der Waals surface area contributed by atoms with Gasteiger partial charge in [-0.2, -0.15) is 0 Å². The fourth-order valence-corrected chi connectivity index (χ4v) is 2.90. The molecule has 2 nitrogen and oxygen atoms in total. The summed E-state index contributed by atoms with van der Waals surface area (Å²) in [6, 6.07) is 0. The van der Waals surface area contributed by atoms with Crippen molar-refractivity contribution >= 4 is 0 Å². The number of nitrogens with two attached hydrogens (primary N) is 1. The van der Waals surface area contributed by atoms with Crippen LogP contribution >= 0.6 is 0 Å². The summed E-state index contributed by atoms with van der Waals surface area (Å²) in [5.41, 5.74) is 6.20. The van der Waals surface area contributed by atoms with E-state index >= 15 is 0 Å². The molecule has 0 saturated carbocycles. The predicted molar refractivity (Wildman–Crippen MR) is 46.4 cm³/mol. The van der Waals surface area contributed by atoms with E-state index in [1.54, 1.807) is 0 Å². The maximum Gasteiger partial charge on any atom is 0.0222 e. The van der Waals surface area contributed by atoms with Crippen molar-refractivity contribution in [3.8, 4) is 0 Å². The van der Waals surface area contributed by atoms with Crippen molar-refractivity contribution in [2.24, 2.45) is 5.73 Å². The molecule has 2 aliphatic rings. The normalized spacial score (nSPS) is 29.2. The van der Waals surface area contributed by atoms with E-state index in [4.69, 9.17) is 5.73 Å². The van der Waals surface area contributed by atoms with Gasteiger partial charge in [-0.3, -0.25) is 4.90 Å². The van der Waals surface area contributed by atoms with Gasteiger partial charge in [0, 0.05) is 5.54 Å². The summed E-state index contributed by atoms with van der Waals surface area (Å²) in [5, 5.41) is 0. The number of hydrogen-bond donors (Lipinski definition) is 1. The second-order valence-corrected chi connectivity index (χ2v) is 3.96. The third-order valence-corrected chi connectivity index (χ3v) is 3.42. The first-order valence-electron chi connectivity index (χ1n) is 4.82. The topological polar surface area (TPSA) is 29.3 Å². The van der Waals surface area contributed by atoms with Crippen molar-refractivity contribution in [3.63, 3.8) is 0 Å². The molecule has 2 N–H and O–H groups in total. The second-order valence-electron chi connectivity index (χ2n) is 3.96. The first kappa shape index (κ1) is 7.56. The lowest BCUT2D eigenvalue weighted by Gasteiger charge is -2.31. The molecule has 0 spiro atoms. The van der Waals surface area contributed by atoms with Crippen molar-refractivity contribution in [3.05, 3.63) is 0 Å². The van der Waals surface area contributed by atoms with Gasteiger partial charge < -0.3 is 5.73 Å². The van der Waals surface area contributed by atoms with Crippen molar-refractivity contribution in [1.82, 2.24) is 4.90 Å². The Morgan fingerprint density at radius 1 is 1.18 bits per heavy atom. The molecule has 0 aliphatic carbocycles. The Bertz CT molecular complexity index is 134. The summed E-state index contributed by atoms with van der Waals surface area (Å²) in [7, 11) is 0. The molecule has 0 aromatic rings. The molecule has 0 bridgehead atoms. The molecule has 2 heterocycles. The quantitative estimate of drug-likeness (QED) is 0.642. The van der Waals surface area contributed by atoms with E-state index in [2.05, 4.69) is 4.90 Å². The van der Waals surface area contributed by atoms with E-state index in [-0.39, 0.29) is 0 Å². The van der Waals surface area contributed by atoms with Gasteiger partial charge >= 0.3 is 0 Å². The van der Waals surface area contributed by atoms with Crippen LogP contribution in [0.4, 0.5) is 0 Å². The van der Waals surface area contributed by atoms with Crippen LogP contribution in [-0.2, 0) is 0 Å². The minimum atomic E-state index is 0.564. The molecule has 0 atom stereocenters.